The second kappa shape index (κ2) is 29.6. The molecule has 0 saturated heterocycles. The van der Waals surface area contributed by atoms with E-state index in [0.717, 1.165) is 19.3 Å². The van der Waals surface area contributed by atoms with Gasteiger partial charge in [-0.1, -0.05) is 26.7 Å². The van der Waals surface area contributed by atoms with Crippen LogP contribution in [0.2, 0.25) is 8.87 Å². The number of esters is 1. The summed E-state index contributed by atoms with van der Waals surface area (Å²) in [5, 5.41) is 0. The van der Waals surface area contributed by atoms with E-state index in [1.54, 1.807) is 21.7 Å². The molecule has 0 aliphatic heterocycles. The molecule has 0 saturated carbocycles. The molecule has 0 aromatic heterocycles. The van der Waals surface area contributed by atoms with E-state index in [1.165, 1.54) is 77.0 Å². The molecule has 0 bridgehead atoms. The summed E-state index contributed by atoms with van der Waals surface area (Å²) in [5.74, 6) is -0.0173. The third kappa shape index (κ3) is 28.6. The van der Waals surface area contributed by atoms with Gasteiger partial charge in [-0.05, 0) is 19.3 Å². The van der Waals surface area contributed by atoms with Gasteiger partial charge in [0.2, 0.25) is 0 Å². The summed E-state index contributed by atoms with van der Waals surface area (Å²) < 4.78 is 8.49. The van der Waals surface area contributed by atoms with Gasteiger partial charge in [0.15, 0.2) is 0 Å². The summed E-state index contributed by atoms with van der Waals surface area (Å²) in [7, 11) is 0. The van der Waals surface area contributed by atoms with Gasteiger partial charge in [0.05, 0.1) is 5.75 Å². The third-order valence-electron chi connectivity index (χ3n) is 5.43. The minimum absolute atomic E-state index is 0.0736. The number of hydrogen-bond donors (Lipinski definition) is 1. The summed E-state index contributed by atoms with van der Waals surface area (Å²) in [5.41, 5.74) is 0. The molecule has 0 aliphatic rings. The average Bonchev–Trinajstić information content (AvgIpc) is 2.76. The van der Waals surface area contributed by atoms with Gasteiger partial charge in [0.25, 0.3) is 0 Å². The van der Waals surface area contributed by atoms with Crippen LogP contribution in [0.15, 0.2) is 0 Å². The zero-order valence-electron chi connectivity index (χ0n) is 21.0. The van der Waals surface area contributed by atoms with E-state index >= 15 is 0 Å². The first-order chi connectivity index (χ1) is 14.7. The second-order valence-electron chi connectivity index (χ2n) is 8.46. The predicted molar refractivity (Wildman–Crippen MR) is 140 cm³/mol. The van der Waals surface area contributed by atoms with Crippen LogP contribution < -0.4 is 0 Å². The fraction of sp³-hybridized carbons (Fsp3) is 0.962. The summed E-state index contributed by atoms with van der Waals surface area (Å²) >= 11 is 3.94. The molecule has 0 N–H and O–H groups in total. The Labute approximate surface area is 206 Å². The first-order valence-electron chi connectivity index (χ1n) is 13.2. The molecule has 1 unspecified atom stereocenters. The summed E-state index contributed by atoms with van der Waals surface area (Å²) in [6.45, 7) is 8.81. The van der Waals surface area contributed by atoms with Crippen molar-refractivity contribution in [3.05, 3.63) is 0 Å². The summed E-state index contributed by atoms with van der Waals surface area (Å²) in [6.07, 6.45) is 23.4. The molecule has 0 amide bonds. The van der Waals surface area contributed by atoms with Crippen molar-refractivity contribution in [2.24, 2.45) is 0 Å². The molecule has 4 heteroatoms. The van der Waals surface area contributed by atoms with Gasteiger partial charge in [0, 0.05) is 0 Å². The molecule has 2 radical (unpaired) electrons. The Balaban J connectivity index is 0. The van der Waals surface area contributed by atoms with Crippen LogP contribution in [-0.2, 0) is 9.53 Å². The fourth-order valence-corrected chi connectivity index (χ4v) is 7.02. The number of ether oxygens (including phenoxy) is 1. The van der Waals surface area contributed by atoms with E-state index in [4.69, 9.17) is 4.74 Å². The maximum atomic E-state index is 10.9. The zero-order chi connectivity index (χ0) is 22.7. The van der Waals surface area contributed by atoms with Gasteiger partial charge in [-0.3, -0.25) is 4.79 Å². The first kappa shape index (κ1) is 32.8. The van der Waals surface area contributed by atoms with E-state index < -0.39 is 0 Å². The van der Waals surface area contributed by atoms with Gasteiger partial charge in [-0.15, -0.1) is 0 Å². The van der Waals surface area contributed by atoms with E-state index in [0.29, 0.717) is 0 Å². The Morgan fingerprint density at radius 3 is 1.57 bits per heavy atom. The number of hydrogen-bond acceptors (Lipinski definition) is 3. The molecule has 180 valence electrons. The maximum absolute atomic E-state index is 10.9. The van der Waals surface area contributed by atoms with Crippen LogP contribution in [0.5, 0.6) is 0 Å². The van der Waals surface area contributed by atoms with E-state index in [-0.39, 0.29) is 39.0 Å². The van der Waals surface area contributed by atoms with Crippen molar-refractivity contribution in [3.63, 3.8) is 0 Å². The van der Waals surface area contributed by atoms with Gasteiger partial charge in [0.1, 0.15) is 6.10 Å². The molecule has 30 heavy (non-hydrogen) atoms. The average molecular weight is 549 g/mol. The molecule has 0 rings (SSSR count). The Kier molecular flexibility index (Phi) is 32.4. The SMILES string of the molecule is CCCCCC(CC)OC(=O)CS.CCCCCCC[CH2][Sn][CH2]CCCCCCC. The van der Waals surface area contributed by atoms with Crippen molar-refractivity contribution < 1.29 is 9.53 Å². The van der Waals surface area contributed by atoms with Crippen LogP contribution in [0, 0.1) is 0 Å². The van der Waals surface area contributed by atoms with Crippen molar-refractivity contribution >= 4 is 39.7 Å². The van der Waals surface area contributed by atoms with Crippen LogP contribution in [-0.4, -0.2) is 39.0 Å². The van der Waals surface area contributed by atoms with Gasteiger partial charge in [-0.2, -0.15) is 12.6 Å². The Hall–Kier alpha value is 0.619. The number of thiol groups is 1. The number of unbranched alkanes of at least 4 members (excludes halogenated alkanes) is 12. The van der Waals surface area contributed by atoms with Crippen LogP contribution in [0.4, 0.5) is 0 Å². The Morgan fingerprint density at radius 2 is 1.13 bits per heavy atom. The first-order valence-corrected chi connectivity index (χ1v) is 17.8. The van der Waals surface area contributed by atoms with Crippen LogP contribution in [0.3, 0.4) is 0 Å². The predicted octanol–water partition coefficient (Wildman–Crippen LogP) is 9.07. The minimum atomic E-state index is -0.202. The van der Waals surface area contributed by atoms with E-state index in [1.807, 2.05) is 6.92 Å². The van der Waals surface area contributed by atoms with E-state index in [9.17, 15) is 4.79 Å². The quantitative estimate of drug-likeness (QED) is 0.0669. The zero-order valence-corrected chi connectivity index (χ0v) is 24.7. The molecular weight excluding hydrogens is 495 g/mol. The van der Waals surface area contributed by atoms with Crippen molar-refractivity contribution in [1.29, 1.82) is 0 Å². The van der Waals surface area contributed by atoms with Gasteiger partial charge in [-0.25, -0.2) is 0 Å². The topological polar surface area (TPSA) is 26.3 Å². The molecule has 0 aromatic carbocycles. The normalized spacial score (nSPS) is 11.6. The standard InChI is InChI=1S/C10H20O2S.2C8H17.Sn/c1-3-5-6-7-9(4-2)12-10(11)8-13;2*1-3-5-7-8-6-4-2;/h9,13H,3-8H2,1-2H3;2*1,3-8H2,2H3;. The Bertz CT molecular complexity index is 312. The number of rotatable bonds is 21. The van der Waals surface area contributed by atoms with Crippen LogP contribution in [0.1, 0.15) is 137 Å². The molecular formula is C26H54O2SSn. The number of carbonyl (C=O) groups is 1. The number of carbonyl (C=O) groups excluding carboxylic acids is 1. The summed E-state index contributed by atoms with van der Waals surface area (Å²) in [4.78, 5) is 10.9. The molecule has 0 heterocycles. The molecule has 1 atom stereocenters. The van der Waals surface area contributed by atoms with Crippen molar-refractivity contribution in [2.45, 2.75) is 152 Å². The molecule has 0 spiro atoms. The molecule has 0 fully saturated rings. The summed E-state index contributed by atoms with van der Waals surface area (Å²) in [6, 6.07) is 0. The molecule has 0 aromatic rings. The second-order valence-corrected chi connectivity index (χ2v) is 13.1. The van der Waals surface area contributed by atoms with Gasteiger partial charge >= 0.3 is 127 Å². The van der Waals surface area contributed by atoms with Crippen molar-refractivity contribution in [1.82, 2.24) is 0 Å². The van der Waals surface area contributed by atoms with Crippen LogP contribution in [0.25, 0.3) is 0 Å². The molecule has 0 aliphatic carbocycles. The monoisotopic (exact) mass is 550 g/mol. The Morgan fingerprint density at radius 1 is 0.700 bits per heavy atom. The van der Waals surface area contributed by atoms with Gasteiger partial charge < -0.3 is 4.74 Å². The van der Waals surface area contributed by atoms with Crippen molar-refractivity contribution in [2.75, 3.05) is 5.75 Å². The fourth-order valence-electron chi connectivity index (χ4n) is 3.38. The van der Waals surface area contributed by atoms with E-state index in [2.05, 4.69) is 33.4 Å². The van der Waals surface area contributed by atoms with Crippen LogP contribution >= 0.6 is 12.6 Å². The third-order valence-corrected chi connectivity index (χ3v) is 9.72. The molecule has 2 nitrogen and oxygen atoms in total. The van der Waals surface area contributed by atoms with Crippen molar-refractivity contribution in [3.8, 4) is 0 Å².